The van der Waals surface area contributed by atoms with Gasteiger partial charge in [-0.15, -0.1) is 0 Å². The summed E-state index contributed by atoms with van der Waals surface area (Å²) < 4.78 is 37.3. The van der Waals surface area contributed by atoms with Crippen LogP contribution in [0.15, 0.2) is 18.2 Å². The molecule has 0 radical (unpaired) electrons. The van der Waals surface area contributed by atoms with Crippen LogP contribution in [0.2, 0.25) is 5.02 Å². The number of nitrogens with two attached hydrogens (primary N) is 2. The number of anilines is 1. The lowest BCUT2D eigenvalue weighted by Crippen LogP contribution is -2.32. The number of rotatable bonds is 4. The molecule has 0 spiro atoms. The minimum Gasteiger partial charge on any atom is -0.480 e. The number of ketones is 1. The van der Waals surface area contributed by atoms with Crippen LogP contribution in [-0.4, -0.2) is 22.9 Å². The zero-order chi connectivity index (χ0) is 16.7. The average molecular weight is 248 g/mol. The van der Waals surface area contributed by atoms with E-state index in [1.165, 1.54) is 0 Å². The first-order chi connectivity index (χ1) is 9.35. The van der Waals surface area contributed by atoms with E-state index in [1.807, 2.05) is 0 Å². The van der Waals surface area contributed by atoms with Crippen molar-refractivity contribution in [3.63, 3.8) is 0 Å². The predicted octanol–water partition coefficient (Wildman–Crippen LogP) is 0.907. The van der Waals surface area contributed by atoms with E-state index in [0.29, 0.717) is 0 Å². The summed E-state index contributed by atoms with van der Waals surface area (Å²) in [5.74, 6) is -3.57. The topological polar surface area (TPSA) is 106 Å². The molecule has 5 N–H and O–H groups in total. The Morgan fingerprint density at radius 3 is 2.94 bits per heavy atom. The van der Waals surface area contributed by atoms with Gasteiger partial charge in [0.05, 0.1) is 4.11 Å². The molecule has 0 fully saturated rings. The molecule has 0 aromatic heterocycles. The molecule has 0 saturated heterocycles. The Kier molecular flexibility index (Phi) is 2.13. The Morgan fingerprint density at radius 1 is 1.75 bits per heavy atom. The number of Topliss-reactive ketones (excluding diaryl/α,β-unsaturated/α-hetero) is 1. The smallest absolute Gasteiger partial charge is 0.320 e. The normalized spacial score (nSPS) is 19.5. The number of aliphatic carboxylic acids is 1. The Bertz CT molecular complexity index is 636. The molecule has 86 valence electrons. The zero-order valence-electron chi connectivity index (χ0n) is 12.9. The first-order valence-electron chi connectivity index (χ1n) is 6.48. The number of carboxylic acid groups (broad SMARTS) is 1. The van der Waals surface area contributed by atoms with Crippen molar-refractivity contribution < 1.29 is 21.5 Å². The van der Waals surface area contributed by atoms with Crippen LogP contribution in [0, 0.1) is 0 Å². The molecule has 1 rings (SSSR count). The Labute approximate surface area is 104 Å². The van der Waals surface area contributed by atoms with Crippen LogP contribution < -0.4 is 11.5 Å². The van der Waals surface area contributed by atoms with Crippen molar-refractivity contribution in [2.75, 3.05) is 5.73 Å². The van der Waals surface area contributed by atoms with Gasteiger partial charge >= 0.3 is 5.97 Å². The molecule has 0 heterocycles. The van der Waals surface area contributed by atoms with Gasteiger partial charge in [-0.3, -0.25) is 9.59 Å². The maximum atomic E-state index is 12.1. The number of carboxylic acids is 1. The summed E-state index contributed by atoms with van der Waals surface area (Å²) in [7, 11) is 0. The van der Waals surface area contributed by atoms with Crippen LogP contribution >= 0.6 is 11.6 Å². The molecule has 0 saturated carbocycles. The highest BCUT2D eigenvalue weighted by molar-refractivity contribution is 6.31. The minimum atomic E-state index is -3.33. The summed E-state index contributed by atoms with van der Waals surface area (Å²) in [5.41, 5.74) is 9.37. The summed E-state index contributed by atoms with van der Waals surface area (Å²) in [6.07, 6.45) is -3.33. The van der Waals surface area contributed by atoms with Crippen molar-refractivity contribution in [3.05, 3.63) is 28.7 Å². The minimum absolute atomic E-state index is 0.340. The van der Waals surface area contributed by atoms with Gasteiger partial charge in [-0.1, -0.05) is 11.6 Å². The lowest BCUT2D eigenvalue weighted by molar-refractivity contribution is -0.138. The number of halogens is 1. The second-order valence-corrected chi connectivity index (χ2v) is 3.11. The lowest BCUT2D eigenvalue weighted by atomic mass is 10.0. The van der Waals surface area contributed by atoms with Crippen molar-refractivity contribution in [2.45, 2.75) is 12.4 Å². The molecule has 0 aliphatic rings. The molecular formula is C10H11ClN2O3. The maximum Gasteiger partial charge on any atom is 0.320 e. The fourth-order valence-corrected chi connectivity index (χ4v) is 1.02. The standard InChI is InChI=1S/C10H11ClN2O3/c11-5-1-2-6(7(12)3-5)9(14)4-8(13)10(15)16/h1-3,8H,4,12-13H2,(H,15,16)/t8-/m0/s1/i1D,3D,4D2,8D. The Hall–Kier alpha value is -1.59. The second-order valence-electron chi connectivity index (χ2n) is 2.73. The van der Waals surface area contributed by atoms with Crippen molar-refractivity contribution in [1.29, 1.82) is 0 Å². The van der Waals surface area contributed by atoms with Gasteiger partial charge in [0.25, 0.3) is 0 Å². The van der Waals surface area contributed by atoms with Gasteiger partial charge in [0.1, 0.15) is 6.02 Å². The predicted molar refractivity (Wildman–Crippen MR) is 60.4 cm³/mol. The largest absolute Gasteiger partial charge is 0.480 e. The number of hydrogen-bond acceptors (Lipinski definition) is 4. The van der Waals surface area contributed by atoms with Crippen LogP contribution in [-0.2, 0) is 4.79 Å². The summed E-state index contributed by atoms with van der Waals surface area (Å²) >= 11 is 5.60. The van der Waals surface area contributed by atoms with Crippen molar-refractivity contribution in [1.82, 2.24) is 0 Å². The molecule has 1 atom stereocenters. The first kappa shape index (κ1) is 6.88. The van der Waals surface area contributed by atoms with Gasteiger partial charge < -0.3 is 16.6 Å². The van der Waals surface area contributed by atoms with Gasteiger partial charge in [0.15, 0.2) is 5.78 Å². The van der Waals surface area contributed by atoms with E-state index in [4.69, 9.17) is 35.0 Å². The van der Waals surface area contributed by atoms with Crippen LogP contribution in [0.5, 0.6) is 0 Å². The average Bonchev–Trinajstić information content (AvgIpc) is 2.39. The fourth-order valence-electron chi connectivity index (χ4n) is 0.866. The third-order valence-corrected chi connectivity index (χ3v) is 1.80. The van der Waals surface area contributed by atoms with E-state index in [2.05, 4.69) is 0 Å². The highest BCUT2D eigenvalue weighted by Crippen LogP contribution is 2.19. The SMILES string of the molecule is [2H]c1cc(C(=O)C([2H])([2H])[C@]([2H])(N)C(=O)O)c(N)c([2H])c1Cl. The van der Waals surface area contributed by atoms with Gasteiger partial charge in [-0.05, 0) is 18.2 Å². The molecule has 6 heteroatoms. The van der Waals surface area contributed by atoms with Crippen LogP contribution in [0.25, 0.3) is 0 Å². The van der Waals surface area contributed by atoms with Crippen molar-refractivity contribution >= 4 is 29.0 Å². The summed E-state index contributed by atoms with van der Waals surface area (Å²) in [4.78, 5) is 23.0. The fraction of sp³-hybridized carbons (Fsp3) is 0.200. The highest BCUT2D eigenvalue weighted by atomic mass is 35.5. The summed E-state index contributed by atoms with van der Waals surface area (Å²) in [6, 6.07) is -3.49. The molecule has 5 nitrogen and oxygen atoms in total. The molecule has 0 aliphatic heterocycles. The van der Waals surface area contributed by atoms with Crippen molar-refractivity contribution in [2.24, 2.45) is 5.73 Å². The molecule has 1 aromatic rings. The van der Waals surface area contributed by atoms with Crippen LogP contribution in [0.3, 0.4) is 0 Å². The van der Waals surface area contributed by atoms with Gasteiger partial charge in [0.2, 0.25) is 0 Å². The van der Waals surface area contributed by atoms with Gasteiger partial charge in [-0.2, -0.15) is 0 Å². The number of nitrogen functional groups attached to an aromatic ring is 1. The highest BCUT2D eigenvalue weighted by Gasteiger charge is 2.18. The van der Waals surface area contributed by atoms with Crippen LogP contribution in [0.1, 0.15) is 23.6 Å². The van der Waals surface area contributed by atoms with E-state index in [-0.39, 0.29) is 5.02 Å². The van der Waals surface area contributed by atoms with Gasteiger partial charge in [-0.25, -0.2) is 0 Å². The van der Waals surface area contributed by atoms with E-state index in [9.17, 15) is 9.59 Å². The molecule has 0 aliphatic carbocycles. The van der Waals surface area contributed by atoms with Gasteiger partial charge in [0, 0.05) is 25.4 Å². The first-order valence-corrected chi connectivity index (χ1v) is 4.35. The lowest BCUT2D eigenvalue weighted by Gasteiger charge is -2.07. The van der Waals surface area contributed by atoms with Crippen LogP contribution in [0.4, 0.5) is 5.69 Å². The molecular weight excluding hydrogens is 232 g/mol. The maximum absolute atomic E-state index is 12.1. The molecule has 0 unspecified atom stereocenters. The Morgan fingerprint density at radius 2 is 2.38 bits per heavy atom. The zero-order valence-corrected chi connectivity index (χ0v) is 8.63. The van der Waals surface area contributed by atoms with E-state index in [0.717, 1.165) is 6.07 Å². The monoisotopic (exact) mass is 247 g/mol. The number of carbonyl (C=O) groups excluding carboxylic acids is 1. The van der Waals surface area contributed by atoms with Crippen molar-refractivity contribution in [3.8, 4) is 0 Å². The second kappa shape index (κ2) is 4.96. The van der Waals surface area contributed by atoms with E-state index in [1.54, 1.807) is 0 Å². The third-order valence-electron chi connectivity index (χ3n) is 1.60. The molecule has 0 amide bonds. The third kappa shape index (κ3) is 2.95. The number of hydrogen-bond donors (Lipinski definition) is 3. The quantitative estimate of drug-likeness (QED) is 0.542. The molecule has 1 aromatic carbocycles. The van der Waals surface area contributed by atoms with E-state index < -0.39 is 47.5 Å². The summed E-state index contributed by atoms with van der Waals surface area (Å²) in [6.45, 7) is 0. The molecule has 16 heavy (non-hydrogen) atoms. The summed E-state index contributed by atoms with van der Waals surface area (Å²) in [5, 5.41) is 8.42. The number of benzene rings is 1. The number of carbonyl (C=O) groups is 2. The molecule has 0 bridgehead atoms. The van der Waals surface area contributed by atoms with E-state index >= 15 is 0 Å². The Balaban J connectivity index is 3.49.